The fourth-order valence-corrected chi connectivity index (χ4v) is 9.58. The van der Waals surface area contributed by atoms with Crippen LogP contribution >= 0.6 is 15.3 Å². The number of azide groups is 1. The van der Waals surface area contributed by atoms with E-state index in [1.54, 1.807) is 44.2 Å². The van der Waals surface area contributed by atoms with Crippen LogP contribution in [0.3, 0.4) is 0 Å². The number of benzene rings is 1. The molecule has 2 amide bonds. The Hall–Kier alpha value is -5.45. The third-order valence-electron chi connectivity index (χ3n) is 9.79. The van der Waals surface area contributed by atoms with E-state index in [0.29, 0.717) is 5.56 Å². The van der Waals surface area contributed by atoms with Crippen molar-refractivity contribution in [2.24, 2.45) is 11.0 Å². The molecule has 10 atom stereocenters. The number of carbonyl (C=O) groups is 2. The molecular formula is C34H34FN14O11P2S-. The maximum atomic E-state index is 16.7. The number of alkyl halides is 1. The first-order chi connectivity index (χ1) is 30.4. The normalized spacial score (nSPS) is 28.6. The number of hydrogen-bond donors (Lipinski definition) is 3. The van der Waals surface area contributed by atoms with Crippen molar-refractivity contribution in [3.63, 3.8) is 0 Å². The summed E-state index contributed by atoms with van der Waals surface area (Å²) in [6, 6.07) is 7.07. The SMILES string of the molecule is [C-]#[N+]CCOP1(=S)OC[C@H]2O[C@@H](n3cnc4c(NC(=O)c5ccccc5)ncnc43)[C@H](OP([O-])OC[C@H]3O[C@@H](n4cnc5c(=O)[nH]c(NC(=O)C(C)C)nc54)[C@H](O1)[C@@H]3F)[C@@H]2N=[N+]=[N-]. The van der Waals surface area contributed by atoms with Crippen LogP contribution in [0.5, 0.6) is 0 Å². The quantitative estimate of drug-likeness (QED) is 0.0452. The number of H-pyrrole nitrogens is 1. The molecule has 0 saturated carbocycles. The summed E-state index contributed by atoms with van der Waals surface area (Å²) in [5.74, 6) is -1.57. The number of nitrogens with zero attached hydrogens (tertiary/aromatic N) is 11. The second-order valence-electron chi connectivity index (χ2n) is 14.1. The summed E-state index contributed by atoms with van der Waals surface area (Å²) >= 11 is 5.80. The fraction of sp³-hybridized carbons (Fsp3) is 0.441. The Morgan fingerprint density at radius 1 is 1.10 bits per heavy atom. The molecule has 3 saturated heterocycles. The Balaban J connectivity index is 1.13. The smallest absolute Gasteiger partial charge is 0.328 e. The largest absolute Gasteiger partial charge is 0.786 e. The van der Waals surface area contributed by atoms with Crippen LogP contribution in [-0.4, -0.2) is 114 Å². The number of aromatic amines is 1. The van der Waals surface area contributed by atoms with Crippen LogP contribution in [0, 0.1) is 12.5 Å². The van der Waals surface area contributed by atoms with Crippen LogP contribution in [-0.2, 0) is 48.7 Å². The van der Waals surface area contributed by atoms with E-state index in [-0.39, 0.29) is 47.2 Å². The maximum absolute atomic E-state index is 16.7. The highest BCUT2D eigenvalue weighted by molar-refractivity contribution is 8.07. The van der Waals surface area contributed by atoms with Crippen molar-refractivity contribution >= 4 is 73.0 Å². The first-order valence-electron chi connectivity index (χ1n) is 18.9. The van der Waals surface area contributed by atoms with Crippen LogP contribution in [0.4, 0.5) is 16.2 Å². The van der Waals surface area contributed by atoms with Gasteiger partial charge in [0.05, 0.1) is 46.6 Å². The Kier molecular flexibility index (Phi) is 13.1. The van der Waals surface area contributed by atoms with Crippen LogP contribution in [0.1, 0.15) is 36.7 Å². The van der Waals surface area contributed by atoms with Crippen LogP contribution in [0.15, 0.2) is 59.2 Å². The van der Waals surface area contributed by atoms with Gasteiger partial charge in [0, 0.05) is 16.4 Å². The minimum atomic E-state index is -4.15. The molecule has 0 radical (unpaired) electrons. The predicted molar refractivity (Wildman–Crippen MR) is 217 cm³/mol. The average molecular weight is 928 g/mol. The van der Waals surface area contributed by atoms with Gasteiger partial charge in [-0.2, -0.15) is 4.98 Å². The Bertz CT molecular complexity index is 2720. The van der Waals surface area contributed by atoms with Gasteiger partial charge in [-0.05, 0) is 29.5 Å². The lowest BCUT2D eigenvalue weighted by Crippen LogP contribution is -2.36. The fourth-order valence-electron chi connectivity index (χ4n) is 6.76. The molecule has 3 N–H and O–H groups in total. The number of anilines is 2. The van der Waals surface area contributed by atoms with Gasteiger partial charge in [-0.3, -0.25) is 38.3 Å². The summed E-state index contributed by atoms with van der Waals surface area (Å²) in [6.45, 7) is 4.61. The van der Waals surface area contributed by atoms with Crippen molar-refractivity contribution in [2.75, 3.05) is 37.0 Å². The molecule has 2 unspecified atom stereocenters. The Labute approximate surface area is 360 Å². The average Bonchev–Trinajstić information content (AvgIpc) is 4.04. The number of halogens is 1. The number of hydrogen-bond acceptors (Lipinski definition) is 18. The highest BCUT2D eigenvalue weighted by Crippen LogP contribution is 2.56. The lowest BCUT2D eigenvalue weighted by Gasteiger charge is -2.31. The summed E-state index contributed by atoms with van der Waals surface area (Å²) in [7, 11) is -3.17. The number of ether oxygens (including phenoxy) is 2. The molecule has 8 rings (SSSR count). The highest BCUT2D eigenvalue weighted by atomic mass is 32.5. The standard InChI is InChI=1S/C34H34FN14O11P2S/c1-16(2)29(50)44-34-43-28-23(31(52)45-34)41-15-49(28)32-24-20(35)18(57-32)11-54-61(53)59-25-21(46-47-36)19(12-56-62(63,60-24)55-10-9-37-3)58-33(25)48-14-40-22-26(38-13-39-27(22)48)42-30(51)17-7-5-4-6-8-17/h4-8,13-16,18-21,24-25,32-33H,9-12H2,1-2H3,(H,38,39,42,51)(H2,43,44,45,50,52)/q-1/t18-,19-,20-,21-,24-,25-,32-,33-,61?,62?/m1/s1. The van der Waals surface area contributed by atoms with E-state index in [0.717, 1.165) is 6.33 Å². The summed E-state index contributed by atoms with van der Waals surface area (Å²) in [6.07, 6.45) is -7.26. The summed E-state index contributed by atoms with van der Waals surface area (Å²) in [4.78, 5) is 82.1. The number of imidazole rings is 2. The van der Waals surface area contributed by atoms with Gasteiger partial charge in [-0.1, -0.05) is 37.2 Å². The summed E-state index contributed by atoms with van der Waals surface area (Å²) < 4.78 is 61.3. The van der Waals surface area contributed by atoms with Gasteiger partial charge in [0.25, 0.3) is 11.5 Å². The van der Waals surface area contributed by atoms with Crippen LogP contribution < -0.4 is 21.1 Å². The van der Waals surface area contributed by atoms with E-state index in [4.69, 9.17) is 50.5 Å². The number of amides is 2. The van der Waals surface area contributed by atoms with Gasteiger partial charge >= 0.3 is 6.72 Å². The van der Waals surface area contributed by atoms with E-state index in [9.17, 15) is 24.8 Å². The molecule has 63 heavy (non-hydrogen) atoms. The molecule has 5 aromatic rings. The Morgan fingerprint density at radius 2 is 1.83 bits per heavy atom. The number of carbonyl (C=O) groups excluding carboxylic acids is 2. The predicted octanol–water partition coefficient (Wildman–Crippen LogP) is 3.18. The third kappa shape index (κ3) is 9.16. The van der Waals surface area contributed by atoms with Crippen molar-refractivity contribution in [3.05, 3.63) is 87.1 Å². The first kappa shape index (κ1) is 44.2. The minimum Gasteiger partial charge on any atom is -0.786 e. The van der Waals surface area contributed by atoms with E-state index in [1.165, 1.54) is 21.8 Å². The molecule has 1 aromatic carbocycles. The van der Waals surface area contributed by atoms with Crippen molar-refractivity contribution in [2.45, 2.75) is 62.9 Å². The maximum Gasteiger partial charge on any atom is 0.328 e. The van der Waals surface area contributed by atoms with Crippen LogP contribution in [0.25, 0.3) is 37.6 Å². The van der Waals surface area contributed by atoms with E-state index in [1.807, 2.05) is 0 Å². The molecule has 3 aliphatic heterocycles. The number of aromatic nitrogens is 8. The molecule has 3 aliphatic rings. The minimum absolute atomic E-state index is 0.0514. The van der Waals surface area contributed by atoms with Gasteiger partial charge in [-0.25, -0.2) is 30.9 Å². The van der Waals surface area contributed by atoms with Gasteiger partial charge in [0.2, 0.25) is 18.4 Å². The molecular weight excluding hydrogens is 893 g/mol. The van der Waals surface area contributed by atoms with E-state index < -0.39 is 101 Å². The Morgan fingerprint density at radius 3 is 2.57 bits per heavy atom. The monoisotopic (exact) mass is 927 g/mol. The molecule has 29 heteroatoms. The van der Waals surface area contributed by atoms with Gasteiger partial charge < -0.3 is 42.6 Å². The first-order valence-corrected chi connectivity index (χ1v) is 22.5. The molecule has 3 fully saturated rings. The van der Waals surface area contributed by atoms with E-state index >= 15 is 4.39 Å². The third-order valence-corrected chi connectivity index (χ3v) is 12.9. The zero-order valence-corrected chi connectivity index (χ0v) is 35.3. The zero-order chi connectivity index (χ0) is 44.4. The molecule has 7 heterocycles. The molecule has 0 spiro atoms. The topological polar surface area (TPSA) is 306 Å². The number of fused-ring (bicyclic) bond motifs is 6. The van der Waals surface area contributed by atoms with Gasteiger partial charge in [0.15, 0.2) is 46.8 Å². The summed E-state index contributed by atoms with van der Waals surface area (Å²) in [5, 5.41) is 9.09. The number of rotatable bonds is 10. The number of nitrogens with one attached hydrogen (secondary N) is 3. The molecule has 0 aliphatic carbocycles. The van der Waals surface area contributed by atoms with Crippen molar-refractivity contribution in [1.82, 2.24) is 39.0 Å². The summed E-state index contributed by atoms with van der Waals surface area (Å²) in [5.41, 5.74) is 9.22. The lowest BCUT2D eigenvalue weighted by molar-refractivity contribution is -0.214. The second-order valence-corrected chi connectivity index (χ2v) is 18.0. The van der Waals surface area contributed by atoms with E-state index in [2.05, 4.69) is 55.4 Å². The zero-order valence-electron chi connectivity index (χ0n) is 32.7. The molecule has 330 valence electrons. The molecule has 25 nitrogen and oxygen atoms in total. The second kappa shape index (κ2) is 18.7. The molecule has 4 aromatic heterocycles. The van der Waals surface area contributed by atoms with Crippen molar-refractivity contribution in [3.8, 4) is 0 Å². The lowest BCUT2D eigenvalue weighted by atomic mass is 10.1. The van der Waals surface area contributed by atoms with Crippen molar-refractivity contribution in [1.29, 1.82) is 0 Å². The highest BCUT2D eigenvalue weighted by Gasteiger charge is 2.53. The van der Waals surface area contributed by atoms with Gasteiger partial charge in [-0.15, -0.1) is 0 Å². The van der Waals surface area contributed by atoms with Crippen LogP contribution in [0.2, 0.25) is 0 Å². The van der Waals surface area contributed by atoms with Crippen molar-refractivity contribution < 1.29 is 51.0 Å². The molecule has 4 bridgehead atoms. The van der Waals surface area contributed by atoms with Gasteiger partial charge in [0.1, 0.15) is 31.2 Å².